The quantitative estimate of drug-likeness (QED) is 0.329. The van der Waals surface area contributed by atoms with Gasteiger partial charge in [-0.15, -0.1) is 10.2 Å². The first-order valence-corrected chi connectivity index (χ1v) is 20.2. The number of anilines is 3. The molecule has 2 unspecified atom stereocenters. The van der Waals surface area contributed by atoms with E-state index in [1.54, 1.807) is 17.0 Å². The minimum Gasteiger partial charge on any atom is -0.507 e. The Bertz CT molecular complexity index is 2100. The standard InChI is InChI=1S/C41H48N10O5/c52-35-4-2-1-3-30(35)32-20-34-37(45-44-32)42-21-29-24-48(16-17-49(29)34)40(56)51-18-15-46(25-41(51)11-12-41)22-26-9-13-47(14-10-26)28-6-5-27-23-50(39(55)31(27)19-28)33-7-8-36(53)43-38(33)54/h1-6,19-20,26,29,33,52H,7-18,21-25H2,(H,42,45)(H,43,53,54). The summed E-state index contributed by atoms with van der Waals surface area (Å²) in [6.07, 6.45) is 4.87. The number of urea groups is 1. The van der Waals surface area contributed by atoms with Crippen molar-refractivity contribution in [2.75, 3.05) is 80.6 Å². The Labute approximate surface area is 325 Å². The number of hydrogen-bond acceptors (Lipinski definition) is 11. The molecule has 2 aromatic carbocycles. The maximum atomic E-state index is 14.2. The van der Waals surface area contributed by atoms with Crippen LogP contribution in [0.1, 0.15) is 54.4 Å². The summed E-state index contributed by atoms with van der Waals surface area (Å²) in [6, 6.07) is 14.9. The van der Waals surface area contributed by atoms with E-state index in [0.29, 0.717) is 61.9 Å². The number of aromatic hydroxyl groups is 1. The highest BCUT2D eigenvalue weighted by Gasteiger charge is 2.54. The predicted octanol–water partition coefficient (Wildman–Crippen LogP) is 2.71. The van der Waals surface area contributed by atoms with E-state index in [4.69, 9.17) is 0 Å². The highest BCUT2D eigenvalue weighted by molar-refractivity contribution is 6.05. The normalized spacial score (nSPS) is 24.8. The molecule has 1 saturated carbocycles. The number of hydrogen-bond donors (Lipinski definition) is 3. The van der Waals surface area contributed by atoms with E-state index in [9.17, 15) is 24.3 Å². The zero-order valence-corrected chi connectivity index (χ0v) is 31.5. The van der Waals surface area contributed by atoms with Crippen molar-refractivity contribution in [3.63, 3.8) is 0 Å². The lowest BCUT2D eigenvalue weighted by molar-refractivity contribution is -0.136. The number of amides is 5. The van der Waals surface area contributed by atoms with Crippen molar-refractivity contribution >= 4 is 40.9 Å². The molecule has 1 aliphatic carbocycles. The van der Waals surface area contributed by atoms with Crippen LogP contribution < -0.4 is 20.4 Å². The molecule has 5 fully saturated rings. The lowest BCUT2D eigenvalue weighted by Gasteiger charge is -2.49. The first-order chi connectivity index (χ1) is 27.2. The van der Waals surface area contributed by atoms with E-state index < -0.39 is 6.04 Å². The van der Waals surface area contributed by atoms with E-state index in [-0.39, 0.29) is 47.5 Å². The highest BCUT2D eigenvalue weighted by atomic mass is 16.3. The number of piperazine rings is 2. The number of para-hydroxylation sites is 1. The average Bonchev–Trinajstić information content (AvgIpc) is 3.90. The van der Waals surface area contributed by atoms with Crippen LogP contribution in [0.4, 0.5) is 22.0 Å². The Kier molecular flexibility index (Phi) is 8.53. The van der Waals surface area contributed by atoms with Crippen LogP contribution in [0.3, 0.4) is 0 Å². The van der Waals surface area contributed by atoms with Crippen molar-refractivity contribution in [3.8, 4) is 17.0 Å². The minimum absolute atomic E-state index is 0.0641. The zero-order valence-electron chi connectivity index (χ0n) is 31.5. The maximum absolute atomic E-state index is 14.2. The number of carbonyl (C=O) groups excluding carboxylic acids is 4. The predicted molar refractivity (Wildman–Crippen MR) is 208 cm³/mol. The Hall–Kier alpha value is -5.44. The van der Waals surface area contributed by atoms with Crippen molar-refractivity contribution in [2.45, 2.75) is 62.7 Å². The summed E-state index contributed by atoms with van der Waals surface area (Å²) in [4.78, 5) is 64.9. The summed E-state index contributed by atoms with van der Waals surface area (Å²) in [5.74, 6) is 0.692. The molecule has 15 heteroatoms. The molecule has 3 N–H and O–H groups in total. The first-order valence-electron chi connectivity index (χ1n) is 20.2. The SMILES string of the molecule is O=C1CCC(N2Cc3ccc(N4CCC(CN5CCN(C(=O)N6CCN7c8cc(-c9ccccc9O)nnc8NCC7C6)C6(CC6)C5)CC4)cc3C2=O)C(=O)N1. The number of nitrogens with one attached hydrogen (secondary N) is 2. The zero-order chi connectivity index (χ0) is 38.1. The van der Waals surface area contributed by atoms with E-state index in [0.717, 1.165) is 87.7 Å². The van der Waals surface area contributed by atoms with Crippen LogP contribution in [0.2, 0.25) is 0 Å². The van der Waals surface area contributed by atoms with Crippen molar-refractivity contribution in [3.05, 3.63) is 59.7 Å². The van der Waals surface area contributed by atoms with Gasteiger partial charge in [-0.1, -0.05) is 18.2 Å². The van der Waals surface area contributed by atoms with Crippen LogP contribution in [0.5, 0.6) is 5.75 Å². The molecule has 1 aromatic heterocycles. The summed E-state index contributed by atoms with van der Waals surface area (Å²) >= 11 is 0. The Morgan fingerprint density at radius 2 is 1.73 bits per heavy atom. The van der Waals surface area contributed by atoms with Crippen LogP contribution >= 0.6 is 0 Å². The van der Waals surface area contributed by atoms with Crippen molar-refractivity contribution in [2.24, 2.45) is 5.92 Å². The highest BCUT2D eigenvalue weighted by Crippen LogP contribution is 2.46. The smallest absolute Gasteiger partial charge is 0.320 e. The Morgan fingerprint density at radius 3 is 2.54 bits per heavy atom. The van der Waals surface area contributed by atoms with Crippen molar-refractivity contribution in [1.82, 2.24) is 35.1 Å². The van der Waals surface area contributed by atoms with Gasteiger partial charge >= 0.3 is 6.03 Å². The van der Waals surface area contributed by atoms with E-state index in [2.05, 4.69) is 51.4 Å². The van der Waals surface area contributed by atoms with Gasteiger partial charge in [0.25, 0.3) is 5.91 Å². The third kappa shape index (κ3) is 6.16. The van der Waals surface area contributed by atoms with Gasteiger partial charge in [0.05, 0.1) is 23.0 Å². The molecule has 7 aliphatic rings. The van der Waals surface area contributed by atoms with E-state index >= 15 is 0 Å². The monoisotopic (exact) mass is 760 g/mol. The molecule has 4 saturated heterocycles. The number of piperidine rings is 2. The van der Waals surface area contributed by atoms with Gasteiger partial charge in [-0.2, -0.15) is 0 Å². The third-order valence-electron chi connectivity index (χ3n) is 13.3. The van der Waals surface area contributed by atoms with Gasteiger partial charge < -0.3 is 34.9 Å². The van der Waals surface area contributed by atoms with Crippen molar-refractivity contribution in [1.29, 1.82) is 0 Å². The third-order valence-corrected chi connectivity index (χ3v) is 13.3. The Balaban J connectivity index is 0.722. The number of phenolic OH excluding ortho intramolecular Hbond substituents is 1. The lowest BCUT2D eigenvalue weighted by atomic mass is 9.94. The number of imide groups is 1. The Morgan fingerprint density at radius 1 is 0.893 bits per heavy atom. The lowest BCUT2D eigenvalue weighted by Crippen LogP contribution is -2.65. The van der Waals surface area contributed by atoms with Gasteiger partial charge in [-0.05, 0) is 73.9 Å². The summed E-state index contributed by atoms with van der Waals surface area (Å²) < 4.78 is 0. The molecule has 1 spiro atoms. The molecular weight excluding hydrogens is 713 g/mol. The molecule has 0 bridgehead atoms. The molecule has 0 radical (unpaired) electrons. The maximum Gasteiger partial charge on any atom is 0.320 e. The van der Waals surface area contributed by atoms with Crippen LogP contribution in [0.15, 0.2) is 48.5 Å². The fourth-order valence-corrected chi connectivity index (χ4v) is 10.0. The largest absolute Gasteiger partial charge is 0.507 e. The molecule has 292 valence electrons. The number of rotatable bonds is 5. The molecular formula is C41H48N10O5. The molecule has 5 amide bonds. The molecule has 3 aromatic rings. The van der Waals surface area contributed by atoms with Crippen LogP contribution in [-0.4, -0.2) is 142 Å². The summed E-state index contributed by atoms with van der Waals surface area (Å²) in [5.41, 5.74) is 4.80. The van der Waals surface area contributed by atoms with Crippen LogP contribution in [-0.2, 0) is 16.1 Å². The second-order valence-electron chi connectivity index (χ2n) is 16.7. The average molecular weight is 761 g/mol. The number of benzene rings is 2. The number of nitrogens with zero attached hydrogens (tertiary/aromatic N) is 8. The summed E-state index contributed by atoms with van der Waals surface area (Å²) in [5, 5.41) is 25.0. The van der Waals surface area contributed by atoms with Gasteiger partial charge in [-0.25, -0.2) is 4.79 Å². The van der Waals surface area contributed by atoms with Gasteiger partial charge in [-0.3, -0.25) is 24.6 Å². The molecule has 10 rings (SSSR count). The molecule has 56 heavy (non-hydrogen) atoms. The van der Waals surface area contributed by atoms with Gasteiger partial charge in [0.2, 0.25) is 11.8 Å². The summed E-state index contributed by atoms with van der Waals surface area (Å²) in [6.45, 7) is 8.54. The molecule has 2 atom stereocenters. The second-order valence-corrected chi connectivity index (χ2v) is 16.7. The number of aromatic nitrogens is 2. The van der Waals surface area contributed by atoms with E-state index in [1.807, 2.05) is 30.3 Å². The second kappa shape index (κ2) is 13.6. The van der Waals surface area contributed by atoms with Crippen LogP contribution in [0, 0.1) is 5.92 Å². The number of fused-ring (bicyclic) bond motifs is 4. The van der Waals surface area contributed by atoms with Crippen molar-refractivity contribution < 1.29 is 24.3 Å². The first kappa shape index (κ1) is 35.0. The fourth-order valence-electron chi connectivity index (χ4n) is 10.0. The van der Waals surface area contributed by atoms with Crippen LogP contribution in [0.25, 0.3) is 11.3 Å². The topological polar surface area (TPSA) is 158 Å². The minimum atomic E-state index is -0.603. The molecule has 15 nitrogen and oxygen atoms in total. The van der Waals surface area contributed by atoms with E-state index in [1.165, 1.54) is 0 Å². The summed E-state index contributed by atoms with van der Waals surface area (Å²) in [7, 11) is 0. The number of phenols is 1. The number of carbonyl (C=O) groups is 4. The van der Waals surface area contributed by atoms with Gasteiger partial charge in [0.15, 0.2) is 5.82 Å². The van der Waals surface area contributed by atoms with Gasteiger partial charge in [0.1, 0.15) is 11.8 Å². The molecule has 7 heterocycles. The fraction of sp³-hybridized carbons (Fsp3) is 0.512. The van der Waals surface area contributed by atoms with Gasteiger partial charge in [0, 0.05) is 95.2 Å². The molecule has 6 aliphatic heterocycles.